The van der Waals surface area contributed by atoms with Crippen LogP contribution in [0.2, 0.25) is 0 Å². The fourth-order valence-corrected chi connectivity index (χ4v) is 4.09. The molecule has 2 aliphatic heterocycles. The lowest BCUT2D eigenvalue weighted by molar-refractivity contribution is -0.402. The summed E-state index contributed by atoms with van der Waals surface area (Å²) in [5.41, 5.74) is 0.961. The van der Waals surface area contributed by atoms with Crippen LogP contribution in [0.3, 0.4) is 0 Å². The Bertz CT molecular complexity index is 919. The summed E-state index contributed by atoms with van der Waals surface area (Å²) in [6.07, 6.45) is 0.565. The van der Waals surface area contributed by atoms with Crippen molar-refractivity contribution in [3.05, 3.63) is 63.9 Å². The van der Waals surface area contributed by atoms with Gasteiger partial charge in [0, 0.05) is 19.1 Å². The number of cyclic esters (lactones) is 1. The summed E-state index contributed by atoms with van der Waals surface area (Å²) in [5.74, 6) is -0.882. The summed E-state index contributed by atoms with van der Waals surface area (Å²) in [7, 11) is 0. The normalized spacial score (nSPS) is 22.6. The lowest BCUT2D eigenvalue weighted by Crippen LogP contribution is -2.49. The second-order valence-corrected chi connectivity index (χ2v) is 7.28. The van der Waals surface area contributed by atoms with Crippen molar-refractivity contribution in [3.63, 3.8) is 0 Å². The molecule has 2 aromatic rings. The topological polar surface area (TPSA) is 106 Å². The van der Waals surface area contributed by atoms with Gasteiger partial charge in [-0.2, -0.15) is 0 Å². The largest absolute Gasteiger partial charge is 0.439 e. The molecule has 0 N–H and O–H groups in total. The van der Waals surface area contributed by atoms with E-state index in [-0.39, 0.29) is 35.9 Å². The summed E-state index contributed by atoms with van der Waals surface area (Å²) in [5, 5.41) is 10.7. The molecule has 1 aromatic carbocycles. The second-order valence-electron chi connectivity index (χ2n) is 7.28. The predicted molar refractivity (Wildman–Crippen MR) is 101 cm³/mol. The van der Waals surface area contributed by atoms with E-state index in [1.54, 1.807) is 9.80 Å². The predicted octanol–water partition coefficient (Wildman–Crippen LogP) is 3.37. The lowest BCUT2D eigenvalue weighted by Gasteiger charge is -2.37. The minimum Gasteiger partial charge on any atom is -0.439 e. The van der Waals surface area contributed by atoms with E-state index in [9.17, 15) is 19.7 Å². The van der Waals surface area contributed by atoms with Crippen LogP contribution in [0.25, 0.3) is 0 Å². The van der Waals surface area contributed by atoms with Gasteiger partial charge in [-0.1, -0.05) is 30.3 Å². The number of hydrogen-bond donors (Lipinski definition) is 0. The Balaban J connectivity index is 1.39. The first-order chi connectivity index (χ1) is 14.0. The molecule has 9 heteroatoms. The van der Waals surface area contributed by atoms with Crippen molar-refractivity contribution in [1.29, 1.82) is 0 Å². The molecule has 3 heterocycles. The van der Waals surface area contributed by atoms with E-state index < -0.39 is 10.8 Å². The van der Waals surface area contributed by atoms with E-state index in [0.29, 0.717) is 25.9 Å². The van der Waals surface area contributed by atoms with Gasteiger partial charge in [0.15, 0.2) is 5.76 Å². The first-order valence-electron chi connectivity index (χ1n) is 9.53. The Kier molecular flexibility index (Phi) is 4.96. The molecular weight excluding hydrogens is 378 g/mol. The zero-order chi connectivity index (χ0) is 20.5. The number of rotatable bonds is 4. The first kappa shape index (κ1) is 19.0. The highest BCUT2D eigenvalue weighted by atomic mass is 16.6. The van der Waals surface area contributed by atoms with Crippen LogP contribution in [0.1, 0.15) is 42.0 Å². The minimum absolute atomic E-state index is 0.0267. The average Bonchev–Trinajstić information content (AvgIpc) is 3.33. The van der Waals surface area contributed by atoms with Crippen LogP contribution in [0.5, 0.6) is 0 Å². The Morgan fingerprint density at radius 3 is 2.45 bits per heavy atom. The maximum atomic E-state index is 12.5. The highest BCUT2D eigenvalue weighted by Crippen LogP contribution is 2.36. The van der Waals surface area contributed by atoms with E-state index in [2.05, 4.69) is 0 Å². The van der Waals surface area contributed by atoms with Crippen molar-refractivity contribution in [2.75, 3.05) is 13.1 Å². The molecule has 2 atom stereocenters. The van der Waals surface area contributed by atoms with E-state index in [4.69, 9.17) is 9.15 Å². The number of furan rings is 1. The maximum Gasteiger partial charge on any atom is 0.433 e. The molecule has 9 nitrogen and oxygen atoms in total. The quantitative estimate of drug-likeness (QED) is 0.576. The lowest BCUT2D eigenvalue weighted by atomic mass is 9.98. The summed E-state index contributed by atoms with van der Waals surface area (Å²) >= 11 is 0. The Morgan fingerprint density at radius 1 is 1.14 bits per heavy atom. The number of ether oxygens (including phenoxy) is 1. The van der Waals surface area contributed by atoms with E-state index in [1.807, 2.05) is 37.3 Å². The highest BCUT2D eigenvalue weighted by molar-refractivity contribution is 5.91. The first-order valence-corrected chi connectivity index (χ1v) is 9.53. The van der Waals surface area contributed by atoms with Gasteiger partial charge >= 0.3 is 12.0 Å². The van der Waals surface area contributed by atoms with Crippen LogP contribution in [0.15, 0.2) is 46.9 Å². The van der Waals surface area contributed by atoms with Crippen molar-refractivity contribution in [2.24, 2.45) is 0 Å². The SMILES string of the molecule is C[C@@H]1[C@H](c2ccccc2)OC(=O)N1C1CCN(C(=O)c2ccc([N+](=O)[O-])o2)CC1. The van der Waals surface area contributed by atoms with Crippen LogP contribution in [-0.4, -0.2) is 51.9 Å². The Labute approximate surface area is 167 Å². The van der Waals surface area contributed by atoms with Gasteiger partial charge in [-0.05, 0) is 31.4 Å². The Morgan fingerprint density at radius 2 is 1.83 bits per heavy atom. The number of likely N-dealkylation sites (tertiary alicyclic amines) is 1. The van der Waals surface area contributed by atoms with Gasteiger partial charge in [0.2, 0.25) is 0 Å². The minimum atomic E-state index is -0.674. The number of nitro groups is 1. The van der Waals surface area contributed by atoms with Crippen LogP contribution in [-0.2, 0) is 4.74 Å². The molecule has 2 amide bonds. The number of carbonyl (C=O) groups is 2. The molecule has 2 fully saturated rings. The fourth-order valence-electron chi connectivity index (χ4n) is 4.09. The number of nitrogens with zero attached hydrogens (tertiary/aromatic N) is 3. The molecule has 0 saturated carbocycles. The zero-order valence-electron chi connectivity index (χ0n) is 15.9. The molecule has 0 spiro atoms. The van der Waals surface area contributed by atoms with Crippen molar-refractivity contribution < 1.29 is 23.7 Å². The van der Waals surface area contributed by atoms with Gasteiger partial charge in [-0.25, -0.2) is 4.79 Å². The van der Waals surface area contributed by atoms with Gasteiger partial charge in [-0.15, -0.1) is 0 Å². The summed E-state index contributed by atoms with van der Waals surface area (Å²) in [6.45, 7) is 2.84. The van der Waals surface area contributed by atoms with E-state index in [1.165, 1.54) is 12.1 Å². The third-order valence-electron chi connectivity index (χ3n) is 5.57. The van der Waals surface area contributed by atoms with Gasteiger partial charge in [0.05, 0.1) is 12.1 Å². The summed E-state index contributed by atoms with van der Waals surface area (Å²) in [4.78, 5) is 38.5. The number of amides is 2. The average molecular weight is 399 g/mol. The third kappa shape index (κ3) is 3.55. The molecule has 1 aromatic heterocycles. The molecule has 4 rings (SSSR count). The molecular formula is C20H21N3O6. The fraction of sp³-hybridized carbons (Fsp3) is 0.400. The molecule has 2 saturated heterocycles. The van der Waals surface area contributed by atoms with Gasteiger partial charge < -0.3 is 14.1 Å². The van der Waals surface area contributed by atoms with Gasteiger partial charge in [0.25, 0.3) is 5.91 Å². The van der Waals surface area contributed by atoms with Crippen LogP contribution < -0.4 is 0 Å². The van der Waals surface area contributed by atoms with Gasteiger partial charge in [-0.3, -0.25) is 19.8 Å². The second kappa shape index (κ2) is 7.57. The standard InChI is InChI=1S/C20H21N3O6/c1-13-18(14-5-3-2-4-6-14)29-20(25)22(13)15-9-11-21(12-10-15)19(24)16-7-8-17(28-16)23(26)27/h2-8,13,15,18H,9-12H2,1H3/t13-,18-/m1/s1. The van der Waals surface area contributed by atoms with Crippen molar-refractivity contribution in [1.82, 2.24) is 9.80 Å². The van der Waals surface area contributed by atoms with Crippen molar-refractivity contribution >= 4 is 17.9 Å². The molecule has 0 aliphatic carbocycles. The summed E-state index contributed by atoms with van der Waals surface area (Å²) < 4.78 is 10.6. The monoisotopic (exact) mass is 399 g/mol. The van der Waals surface area contributed by atoms with E-state index in [0.717, 1.165) is 5.56 Å². The third-order valence-corrected chi connectivity index (χ3v) is 5.57. The van der Waals surface area contributed by atoms with Crippen LogP contribution >= 0.6 is 0 Å². The molecule has 0 unspecified atom stereocenters. The van der Waals surface area contributed by atoms with Gasteiger partial charge in [0.1, 0.15) is 11.0 Å². The zero-order valence-corrected chi connectivity index (χ0v) is 15.9. The van der Waals surface area contributed by atoms with Crippen LogP contribution in [0.4, 0.5) is 10.7 Å². The number of hydrogen-bond acceptors (Lipinski definition) is 6. The summed E-state index contributed by atoms with van der Waals surface area (Å²) in [6, 6.07) is 12.0. The molecule has 0 radical (unpaired) electrons. The molecule has 29 heavy (non-hydrogen) atoms. The van der Waals surface area contributed by atoms with E-state index >= 15 is 0 Å². The Hall–Kier alpha value is -3.36. The maximum absolute atomic E-state index is 12.5. The number of carbonyl (C=O) groups excluding carboxylic acids is 2. The molecule has 152 valence electrons. The smallest absolute Gasteiger partial charge is 0.433 e. The van der Waals surface area contributed by atoms with Crippen molar-refractivity contribution in [2.45, 2.75) is 38.0 Å². The number of benzene rings is 1. The molecule has 2 aliphatic rings. The molecule has 0 bridgehead atoms. The number of piperidine rings is 1. The van der Waals surface area contributed by atoms with Crippen LogP contribution in [0, 0.1) is 10.1 Å². The highest BCUT2D eigenvalue weighted by Gasteiger charge is 2.44. The van der Waals surface area contributed by atoms with Crippen molar-refractivity contribution in [3.8, 4) is 0 Å².